The van der Waals surface area contributed by atoms with Crippen molar-refractivity contribution in [3.63, 3.8) is 0 Å². The Morgan fingerprint density at radius 3 is 2.33 bits per heavy atom. The van der Waals surface area contributed by atoms with Crippen LogP contribution in [0.4, 0.5) is 0 Å². The van der Waals surface area contributed by atoms with E-state index in [-0.39, 0.29) is 17.4 Å². The molecule has 0 fully saturated rings. The SMILES string of the molecule is CC(CC#N)N(C)C(=O)[C@@H](N)C(C)(C)C. The number of hydrogen-bond acceptors (Lipinski definition) is 3. The second-order valence-corrected chi connectivity index (χ2v) is 5.00. The molecule has 86 valence electrons. The standard InChI is InChI=1S/C11H21N3O/c1-8(6-7-12)14(5)10(15)9(13)11(2,3)4/h8-9H,6,13H2,1-5H3/t8?,9-/m1/s1. The molecule has 0 rings (SSSR count). The summed E-state index contributed by atoms with van der Waals surface area (Å²) in [5.41, 5.74) is 5.60. The molecular weight excluding hydrogens is 190 g/mol. The topological polar surface area (TPSA) is 70.1 Å². The lowest BCUT2D eigenvalue weighted by Gasteiger charge is -2.32. The van der Waals surface area contributed by atoms with Gasteiger partial charge in [-0.3, -0.25) is 4.79 Å². The van der Waals surface area contributed by atoms with Gasteiger partial charge in [0, 0.05) is 13.1 Å². The lowest BCUT2D eigenvalue weighted by Crippen LogP contribution is -2.51. The van der Waals surface area contributed by atoms with E-state index in [4.69, 9.17) is 11.0 Å². The molecule has 0 saturated heterocycles. The number of carbonyl (C=O) groups is 1. The summed E-state index contributed by atoms with van der Waals surface area (Å²) in [7, 11) is 1.69. The zero-order chi connectivity index (χ0) is 12.2. The first-order valence-electron chi connectivity index (χ1n) is 5.11. The van der Waals surface area contributed by atoms with Crippen molar-refractivity contribution in [1.82, 2.24) is 4.90 Å². The van der Waals surface area contributed by atoms with Gasteiger partial charge in [0.2, 0.25) is 5.91 Å². The fourth-order valence-electron chi connectivity index (χ4n) is 1.08. The molecule has 0 aliphatic carbocycles. The highest BCUT2D eigenvalue weighted by Gasteiger charge is 2.31. The van der Waals surface area contributed by atoms with Crippen LogP contribution in [0.5, 0.6) is 0 Å². The molecule has 0 saturated carbocycles. The van der Waals surface area contributed by atoms with Gasteiger partial charge in [-0.05, 0) is 12.3 Å². The highest BCUT2D eigenvalue weighted by molar-refractivity contribution is 5.82. The van der Waals surface area contributed by atoms with Gasteiger partial charge in [-0.2, -0.15) is 5.26 Å². The molecule has 15 heavy (non-hydrogen) atoms. The smallest absolute Gasteiger partial charge is 0.240 e. The maximum atomic E-state index is 11.9. The third-order valence-corrected chi connectivity index (χ3v) is 2.59. The van der Waals surface area contributed by atoms with E-state index >= 15 is 0 Å². The third-order valence-electron chi connectivity index (χ3n) is 2.59. The van der Waals surface area contributed by atoms with Gasteiger partial charge in [0.15, 0.2) is 0 Å². The molecule has 4 nitrogen and oxygen atoms in total. The van der Waals surface area contributed by atoms with Crippen molar-refractivity contribution < 1.29 is 4.79 Å². The first-order chi connectivity index (χ1) is 6.71. The fraction of sp³-hybridized carbons (Fsp3) is 0.818. The summed E-state index contributed by atoms with van der Waals surface area (Å²) in [6.07, 6.45) is 0.332. The molecule has 0 bridgehead atoms. The zero-order valence-electron chi connectivity index (χ0n) is 10.2. The van der Waals surface area contributed by atoms with Gasteiger partial charge in [0.1, 0.15) is 0 Å². The summed E-state index contributed by atoms with van der Waals surface area (Å²) in [5.74, 6) is -0.106. The van der Waals surface area contributed by atoms with Crippen LogP contribution in [0.25, 0.3) is 0 Å². The molecule has 0 aromatic carbocycles. The number of nitriles is 1. The van der Waals surface area contributed by atoms with Crippen LogP contribution in [-0.4, -0.2) is 29.9 Å². The second-order valence-electron chi connectivity index (χ2n) is 5.00. The van der Waals surface area contributed by atoms with Crippen molar-refractivity contribution in [2.75, 3.05) is 7.05 Å². The van der Waals surface area contributed by atoms with Crippen LogP contribution in [0, 0.1) is 16.7 Å². The van der Waals surface area contributed by atoms with Gasteiger partial charge in [-0.25, -0.2) is 0 Å². The molecule has 0 aliphatic rings. The van der Waals surface area contributed by atoms with Crippen LogP contribution < -0.4 is 5.73 Å². The Hall–Kier alpha value is -1.08. The number of likely N-dealkylation sites (N-methyl/N-ethyl adjacent to an activating group) is 1. The number of hydrogen-bond donors (Lipinski definition) is 1. The van der Waals surface area contributed by atoms with Crippen LogP contribution in [-0.2, 0) is 4.79 Å². The normalized spacial score (nSPS) is 15.3. The molecule has 2 N–H and O–H groups in total. The average molecular weight is 211 g/mol. The van der Waals surface area contributed by atoms with Crippen molar-refractivity contribution in [1.29, 1.82) is 5.26 Å². The summed E-state index contributed by atoms with van der Waals surface area (Å²) in [5, 5.41) is 8.55. The van der Waals surface area contributed by atoms with E-state index in [0.717, 1.165) is 0 Å². The predicted octanol–water partition coefficient (Wildman–Crippen LogP) is 1.12. The molecule has 4 heteroatoms. The van der Waals surface area contributed by atoms with Gasteiger partial charge >= 0.3 is 0 Å². The molecule has 0 heterocycles. The van der Waals surface area contributed by atoms with Gasteiger partial charge in [-0.15, -0.1) is 0 Å². The Labute approximate surface area is 92.0 Å². The van der Waals surface area contributed by atoms with Crippen molar-refractivity contribution in [2.24, 2.45) is 11.1 Å². The number of nitrogens with two attached hydrogens (primary N) is 1. The van der Waals surface area contributed by atoms with Crippen molar-refractivity contribution in [3.05, 3.63) is 0 Å². The Balaban J connectivity index is 4.53. The van der Waals surface area contributed by atoms with Crippen molar-refractivity contribution >= 4 is 5.91 Å². The molecule has 0 aliphatic heterocycles. The second kappa shape index (κ2) is 5.13. The van der Waals surface area contributed by atoms with E-state index < -0.39 is 6.04 Å². The molecule has 0 aromatic heterocycles. The largest absolute Gasteiger partial charge is 0.341 e. The summed E-state index contributed by atoms with van der Waals surface area (Å²) in [6, 6.07) is 1.43. The Morgan fingerprint density at radius 2 is 2.00 bits per heavy atom. The summed E-state index contributed by atoms with van der Waals surface area (Å²) >= 11 is 0. The fourth-order valence-corrected chi connectivity index (χ4v) is 1.08. The minimum Gasteiger partial charge on any atom is -0.341 e. The molecule has 0 aromatic rings. The third kappa shape index (κ3) is 3.88. The van der Waals surface area contributed by atoms with E-state index in [2.05, 4.69) is 0 Å². The first-order valence-corrected chi connectivity index (χ1v) is 5.11. The lowest BCUT2D eigenvalue weighted by atomic mass is 9.86. The molecule has 1 amide bonds. The van der Waals surface area contributed by atoms with Crippen LogP contribution >= 0.6 is 0 Å². The molecule has 0 radical (unpaired) electrons. The van der Waals surface area contributed by atoms with Gasteiger partial charge in [0.25, 0.3) is 0 Å². The van der Waals surface area contributed by atoms with E-state index in [1.807, 2.05) is 33.8 Å². The Morgan fingerprint density at radius 1 is 1.53 bits per heavy atom. The van der Waals surface area contributed by atoms with E-state index in [1.54, 1.807) is 11.9 Å². The number of rotatable bonds is 3. The predicted molar refractivity (Wildman–Crippen MR) is 59.9 cm³/mol. The van der Waals surface area contributed by atoms with Gasteiger partial charge < -0.3 is 10.6 Å². The molecular formula is C11H21N3O. The van der Waals surface area contributed by atoms with E-state index in [9.17, 15) is 4.79 Å². The maximum absolute atomic E-state index is 11.9. The number of nitrogens with zero attached hydrogens (tertiary/aromatic N) is 2. The Bertz CT molecular complexity index is 262. The quantitative estimate of drug-likeness (QED) is 0.760. The van der Waals surface area contributed by atoms with Gasteiger partial charge in [-0.1, -0.05) is 20.8 Å². The van der Waals surface area contributed by atoms with Crippen LogP contribution in [0.1, 0.15) is 34.1 Å². The maximum Gasteiger partial charge on any atom is 0.240 e. The Kier molecular flexibility index (Phi) is 4.76. The summed E-state index contributed by atoms with van der Waals surface area (Å²) in [4.78, 5) is 13.5. The highest BCUT2D eigenvalue weighted by Crippen LogP contribution is 2.19. The van der Waals surface area contributed by atoms with Gasteiger partial charge in [0.05, 0.1) is 18.5 Å². The number of carbonyl (C=O) groups excluding carboxylic acids is 1. The van der Waals surface area contributed by atoms with Crippen LogP contribution in [0.2, 0.25) is 0 Å². The molecule has 1 unspecified atom stereocenters. The van der Waals surface area contributed by atoms with E-state index in [0.29, 0.717) is 6.42 Å². The monoisotopic (exact) mass is 211 g/mol. The highest BCUT2D eigenvalue weighted by atomic mass is 16.2. The molecule has 2 atom stereocenters. The van der Waals surface area contributed by atoms with Crippen molar-refractivity contribution in [3.8, 4) is 6.07 Å². The average Bonchev–Trinajstić information content (AvgIpc) is 2.13. The summed E-state index contributed by atoms with van der Waals surface area (Å²) < 4.78 is 0. The first kappa shape index (κ1) is 13.9. The van der Waals surface area contributed by atoms with Crippen molar-refractivity contribution in [2.45, 2.75) is 46.2 Å². The molecule has 0 spiro atoms. The zero-order valence-corrected chi connectivity index (χ0v) is 10.2. The minimum atomic E-state index is -0.524. The van der Waals surface area contributed by atoms with Crippen LogP contribution in [0.15, 0.2) is 0 Å². The minimum absolute atomic E-state index is 0.0871. The lowest BCUT2D eigenvalue weighted by molar-refractivity contribution is -0.135. The van der Waals surface area contributed by atoms with E-state index in [1.165, 1.54) is 0 Å². The number of amides is 1. The summed E-state index contributed by atoms with van der Waals surface area (Å²) in [6.45, 7) is 7.63. The van der Waals surface area contributed by atoms with Crippen LogP contribution in [0.3, 0.4) is 0 Å².